The second kappa shape index (κ2) is 4.83. The molecule has 5 heteroatoms. The zero-order valence-corrected chi connectivity index (χ0v) is 8.52. The van der Waals surface area contributed by atoms with E-state index in [2.05, 4.69) is 11.3 Å². The molecule has 0 spiro atoms. The van der Waals surface area contributed by atoms with Crippen LogP contribution in [0.25, 0.3) is 6.08 Å². The van der Waals surface area contributed by atoms with Crippen molar-refractivity contribution in [1.82, 2.24) is 0 Å². The molecule has 0 amide bonds. The molecule has 0 radical (unpaired) electrons. The van der Waals surface area contributed by atoms with E-state index in [1.807, 2.05) is 0 Å². The third-order valence-electron chi connectivity index (χ3n) is 1.89. The van der Waals surface area contributed by atoms with Crippen molar-refractivity contribution in [2.45, 2.75) is 6.92 Å². The van der Waals surface area contributed by atoms with Crippen molar-refractivity contribution in [3.8, 4) is 0 Å². The molecule has 0 N–H and O–H groups in total. The number of carbonyl (C=O) groups excluding carboxylic acids is 1. The van der Waals surface area contributed by atoms with Crippen molar-refractivity contribution in [2.24, 2.45) is 0 Å². The predicted octanol–water partition coefficient (Wildman–Crippen LogP) is 2.92. The first-order valence-corrected chi connectivity index (χ1v) is 4.50. The summed E-state index contributed by atoms with van der Waals surface area (Å²) in [7, 11) is 0. The Morgan fingerprint density at radius 3 is 2.56 bits per heavy atom. The van der Waals surface area contributed by atoms with Crippen LogP contribution in [0, 0.1) is 17.5 Å². The monoisotopic (exact) mass is 230 g/mol. The summed E-state index contributed by atoms with van der Waals surface area (Å²) in [6, 6.07) is 0.692. The molecule has 16 heavy (non-hydrogen) atoms. The van der Waals surface area contributed by atoms with E-state index in [0.717, 1.165) is 6.08 Å². The average molecular weight is 230 g/mol. The third-order valence-corrected chi connectivity index (χ3v) is 1.89. The van der Waals surface area contributed by atoms with E-state index in [0.29, 0.717) is 6.07 Å². The van der Waals surface area contributed by atoms with Crippen molar-refractivity contribution >= 4 is 12.0 Å². The largest absolute Gasteiger partial charge is 0.462 e. The number of halogens is 3. The van der Waals surface area contributed by atoms with Crippen LogP contribution in [0.4, 0.5) is 13.2 Å². The van der Waals surface area contributed by atoms with Crippen LogP contribution in [0.2, 0.25) is 0 Å². The van der Waals surface area contributed by atoms with E-state index in [-0.39, 0.29) is 12.2 Å². The molecule has 1 aromatic carbocycles. The maximum Gasteiger partial charge on any atom is 0.344 e. The SMILES string of the molecule is C=Cc1cc(F)c(C(=O)OCC)c(F)c1F. The maximum absolute atomic E-state index is 13.3. The minimum Gasteiger partial charge on any atom is -0.462 e. The Balaban J connectivity index is 3.36. The molecule has 0 aromatic heterocycles. The molecular weight excluding hydrogens is 221 g/mol. The molecule has 0 fully saturated rings. The van der Waals surface area contributed by atoms with E-state index >= 15 is 0 Å². The standard InChI is InChI=1S/C11H9F3O2/c1-3-6-5-7(12)8(10(14)9(6)13)11(15)16-4-2/h3,5H,1,4H2,2H3. The Labute approximate surface area is 90.3 Å². The van der Waals surface area contributed by atoms with Crippen molar-refractivity contribution in [2.75, 3.05) is 6.61 Å². The molecule has 2 nitrogen and oxygen atoms in total. The lowest BCUT2D eigenvalue weighted by atomic mass is 10.1. The smallest absolute Gasteiger partial charge is 0.344 e. The summed E-state index contributed by atoms with van der Waals surface area (Å²) in [5.41, 5.74) is -1.37. The molecule has 1 aromatic rings. The Bertz CT molecular complexity index is 441. The van der Waals surface area contributed by atoms with Gasteiger partial charge in [0.25, 0.3) is 0 Å². The minimum absolute atomic E-state index is 0.0530. The Kier molecular flexibility index (Phi) is 3.71. The quantitative estimate of drug-likeness (QED) is 0.589. The van der Waals surface area contributed by atoms with Gasteiger partial charge in [-0.2, -0.15) is 0 Å². The van der Waals surface area contributed by atoms with Crippen molar-refractivity contribution in [3.63, 3.8) is 0 Å². The summed E-state index contributed by atoms with van der Waals surface area (Å²) in [5.74, 6) is -5.29. The molecule has 0 saturated carbocycles. The van der Waals surface area contributed by atoms with Gasteiger partial charge in [0, 0.05) is 5.56 Å². The second-order valence-corrected chi connectivity index (χ2v) is 2.88. The van der Waals surface area contributed by atoms with Crippen molar-refractivity contribution in [3.05, 3.63) is 41.2 Å². The van der Waals surface area contributed by atoms with Gasteiger partial charge >= 0.3 is 5.97 Å². The normalized spacial score (nSPS) is 10.0. The average Bonchev–Trinajstić information content (AvgIpc) is 2.24. The third kappa shape index (κ3) is 2.08. The van der Waals surface area contributed by atoms with E-state index in [1.165, 1.54) is 6.92 Å². The van der Waals surface area contributed by atoms with Gasteiger partial charge in [-0.3, -0.25) is 0 Å². The number of benzene rings is 1. The molecule has 0 heterocycles. The highest BCUT2D eigenvalue weighted by molar-refractivity contribution is 5.90. The first kappa shape index (κ1) is 12.3. The summed E-state index contributed by atoms with van der Waals surface area (Å²) in [4.78, 5) is 11.1. The highest BCUT2D eigenvalue weighted by Gasteiger charge is 2.23. The van der Waals surface area contributed by atoms with E-state index in [1.54, 1.807) is 0 Å². The number of hydrogen-bond donors (Lipinski definition) is 0. The predicted molar refractivity (Wildman–Crippen MR) is 52.4 cm³/mol. The topological polar surface area (TPSA) is 26.3 Å². The Morgan fingerprint density at radius 2 is 2.06 bits per heavy atom. The zero-order valence-electron chi connectivity index (χ0n) is 8.52. The molecular formula is C11H9F3O2. The lowest BCUT2D eigenvalue weighted by Crippen LogP contribution is -2.12. The van der Waals surface area contributed by atoms with Gasteiger partial charge in [-0.15, -0.1) is 0 Å². The minimum atomic E-state index is -1.56. The first-order valence-electron chi connectivity index (χ1n) is 4.50. The van der Waals surface area contributed by atoms with E-state index < -0.39 is 29.0 Å². The number of carbonyl (C=O) groups is 1. The Morgan fingerprint density at radius 1 is 1.44 bits per heavy atom. The highest BCUT2D eigenvalue weighted by Crippen LogP contribution is 2.21. The van der Waals surface area contributed by atoms with Crippen LogP contribution >= 0.6 is 0 Å². The van der Waals surface area contributed by atoms with E-state index in [9.17, 15) is 18.0 Å². The molecule has 0 aliphatic carbocycles. The highest BCUT2D eigenvalue weighted by atomic mass is 19.2. The number of ether oxygens (including phenoxy) is 1. The fraction of sp³-hybridized carbons (Fsp3) is 0.182. The van der Waals surface area contributed by atoms with Crippen LogP contribution < -0.4 is 0 Å². The van der Waals surface area contributed by atoms with Gasteiger partial charge in [0.05, 0.1) is 6.61 Å². The van der Waals surface area contributed by atoms with Gasteiger partial charge in [-0.25, -0.2) is 18.0 Å². The molecule has 0 unspecified atom stereocenters. The van der Waals surface area contributed by atoms with Gasteiger partial charge in [-0.05, 0) is 13.0 Å². The van der Waals surface area contributed by atoms with Crippen LogP contribution in [0.5, 0.6) is 0 Å². The van der Waals surface area contributed by atoms with Crippen molar-refractivity contribution < 1.29 is 22.7 Å². The fourth-order valence-corrected chi connectivity index (χ4v) is 1.15. The van der Waals surface area contributed by atoms with Gasteiger partial charge in [0.2, 0.25) is 0 Å². The molecule has 0 saturated heterocycles. The van der Waals surface area contributed by atoms with Gasteiger partial charge in [0.1, 0.15) is 11.4 Å². The van der Waals surface area contributed by atoms with Crippen LogP contribution in [0.1, 0.15) is 22.8 Å². The lowest BCUT2D eigenvalue weighted by molar-refractivity contribution is 0.0514. The maximum atomic E-state index is 13.3. The zero-order chi connectivity index (χ0) is 12.3. The van der Waals surface area contributed by atoms with Gasteiger partial charge in [-0.1, -0.05) is 12.7 Å². The van der Waals surface area contributed by atoms with Crippen LogP contribution in [0.15, 0.2) is 12.6 Å². The first-order chi connectivity index (χ1) is 7.52. The van der Waals surface area contributed by atoms with E-state index in [4.69, 9.17) is 0 Å². The summed E-state index contributed by atoms with van der Waals surface area (Å²) in [6.07, 6.45) is 0.955. The lowest BCUT2D eigenvalue weighted by Gasteiger charge is -2.07. The number of hydrogen-bond acceptors (Lipinski definition) is 2. The molecule has 0 bridgehead atoms. The van der Waals surface area contributed by atoms with Crippen molar-refractivity contribution in [1.29, 1.82) is 0 Å². The fourth-order valence-electron chi connectivity index (χ4n) is 1.15. The molecule has 0 atom stereocenters. The number of rotatable bonds is 3. The molecule has 86 valence electrons. The summed E-state index contributed by atoms with van der Waals surface area (Å²) in [6.45, 7) is 4.62. The van der Waals surface area contributed by atoms with Crippen LogP contribution in [0.3, 0.4) is 0 Å². The molecule has 0 aliphatic heterocycles. The van der Waals surface area contributed by atoms with Crippen LogP contribution in [-0.4, -0.2) is 12.6 Å². The Hall–Kier alpha value is -1.78. The molecule has 1 rings (SSSR count). The van der Waals surface area contributed by atoms with Gasteiger partial charge < -0.3 is 4.74 Å². The summed E-state index contributed by atoms with van der Waals surface area (Å²) >= 11 is 0. The van der Waals surface area contributed by atoms with Gasteiger partial charge in [0.15, 0.2) is 11.6 Å². The summed E-state index contributed by atoms with van der Waals surface area (Å²) in [5, 5.41) is 0. The summed E-state index contributed by atoms with van der Waals surface area (Å²) < 4.78 is 44.2. The van der Waals surface area contributed by atoms with Crippen LogP contribution in [-0.2, 0) is 4.74 Å². The molecule has 0 aliphatic rings. The second-order valence-electron chi connectivity index (χ2n) is 2.88. The number of esters is 1.